The van der Waals surface area contributed by atoms with E-state index in [1.807, 2.05) is 6.07 Å². The van der Waals surface area contributed by atoms with Crippen LogP contribution in [0.4, 0.5) is 0 Å². The monoisotopic (exact) mass is 237 g/mol. The van der Waals surface area contributed by atoms with Crippen LogP contribution in [0.25, 0.3) is 6.08 Å². The van der Waals surface area contributed by atoms with E-state index in [9.17, 15) is 4.79 Å². The highest BCUT2D eigenvalue weighted by Crippen LogP contribution is 2.38. The molecule has 0 aromatic heterocycles. The molecule has 18 heavy (non-hydrogen) atoms. The molecule has 0 radical (unpaired) electrons. The second-order valence-electron chi connectivity index (χ2n) is 4.46. The number of carbonyl (C=O) groups is 1. The van der Waals surface area contributed by atoms with E-state index in [4.69, 9.17) is 10.00 Å². The number of hydrogen-bond donors (Lipinski definition) is 0. The minimum absolute atomic E-state index is 0.565. The van der Waals surface area contributed by atoms with Crippen LogP contribution in [0.5, 0.6) is 5.75 Å². The van der Waals surface area contributed by atoms with Gasteiger partial charge in [-0.1, -0.05) is 0 Å². The van der Waals surface area contributed by atoms with Gasteiger partial charge in [0.2, 0.25) is 0 Å². The highest BCUT2D eigenvalue weighted by Gasteiger charge is 2.24. The zero-order valence-corrected chi connectivity index (χ0v) is 9.77. The number of carbonyl (C=O) groups excluding carboxylic acids is 1. The van der Waals surface area contributed by atoms with Gasteiger partial charge in [-0.3, -0.25) is 4.79 Å². The molecule has 1 aromatic rings. The molecule has 3 heteroatoms. The molecule has 0 atom stereocenters. The van der Waals surface area contributed by atoms with Gasteiger partial charge in [0.05, 0.1) is 11.6 Å². The lowest BCUT2D eigenvalue weighted by molar-refractivity contribution is -0.105. The fourth-order valence-corrected chi connectivity index (χ4v) is 2.39. The Bertz CT molecular complexity index is 632. The van der Waals surface area contributed by atoms with Gasteiger partial charge >= 0.3 is 0 Å². The molecule has 0 saturated heterocycles. The van der Waals surface area contributed by atoms with Crippen molar-refractivity contribution in [2.45, 2.75) is 19.3 Å². The van der Waals surface area contributed by atoms with Crippen molar-refractivity contribution in [2.24, 2.45) is 0 Å². The third kappa shape index (κ3) is 1.63. The van der Waals surface area contributed by atoms with Gasteiger partial charge < -0.3 is 4.74 Å². The van der Waals surface area contributed by atoms with Crippen molar-refractivity contribution in [2.75, 3.05) is 0 Å². The number of fused-ring (bicyclic) bond motifs is 2. The van der Waals surface area contributed by atoms with Crippen LogP contribution in [0.2, 0.25) is 0 Å². The van der Waals surface area contributed by atoms with Crippen LogP contribution in [0.1, 0.15) is 30.4 Å². The maximum atomic E-state index is 11.0. The van der Waals surface area contributed by atoms with Gasteiger partial charge in [-0.25, -0.2) is 0 Å². The van der Waals surface area contributed by atoms with Crippen LogP contribution in [0.15, 0.2) is 35.1 Å². The van der Waals surface area contributed by atoms with Gasteiger partial charge in [0, 0.05) is 11.1 Å². The van der Waals surface area contributed by atoms with E-state index in [2.05, 4.69) is 12.1 Å². The number of hydrogen-bond acceptors (Lipinski definition) is 3. The Balaban J connectivity index is 2.14. The lowest BCUT2D eigenvalue weighted by atomic mass is 9.90. The summed E-state index contributed by atoms with van der Waals surface area (Å²) in [5, 5.41) is 8.88. The van der Waals surface area contributed by atoms with Gasteiger partial charge in [-0.15, -0.1) is 0 Å². The Morgan fingerprint density at radius 1 is 1.33 bits per heavy atom. The predicted octanol–water partition coefficient (Wildman–Crippen LogP) is 2.97. The molecule has 1 aliphatic carbocycles. The van der Waals surface area contributed by atoms with Gasteiger partial charge in [0.1, 0.15) is 17.8 Å². The smallest absolute Gasteiger partial charge is 0.149 e. The molecule has 1 heterocycles. The first-order valence-corrected chi connectivity index (χ1v) is 5.93. The first-order valence-electron chi connectivity index (χ1n) is 5.93. The summed E-state index contributed by atoms with van der Waals surface area (Å²) in [4.78, 5) is 11.0. The summed E-state index contributed by atoms with van der Waals surface area (Å²) < 4.78 is 5.81. The number of rotatable bonds is 1. The molecule has 0 unspecified atom stereocenters. The number of ether oxygens (including phenoxy) is 1. The molecule has 0 saturated carbocycles. The number of benzene rings is 1. The SMILES string of the molecule is N#Cc1ccc2c(c1)OC1=C(C=O)CCCC1=C2. The Morgan fingerprint density at radius 2 is 2.22 bits per heavy atom. The van der Waals surface area contributed by atoms with Crippen molar-refractivity contribution in [3.05, 3.63) is 46.2 Å². The van der Waals surface area contributed by atoms with Crippen LogP contribution in [0.3, 0.4) is 0 Å². The second kappa shape index (κ2) is 4.15. The number of allylic oxidation sites excluding steroid dienone is 2. The highest BCUT2D eigenvalue weighted by atomic mass is 16.5. The average molecular weight is 237 g/mol. The molecule has 2 aliphatic rings. The van der Waals surface area contributed by atoms with E-state index in [1.54, 1.807) is 12.1 Å². The summed E-state index contributed by atoms with van der Waals surface area (Å²) in [5.74, 6) is 1.35. The minimum atomic E-state index is 0.565. The van der Waals surface area contributed by atoms with E-state index < -0.39 is 0 Å². The molecule has 0 fully saturated rings. The molecule has 0 bridgehead atoms. The average Bonchev–Trinajstić information content (AvgIpc) is 2.43. The Hall–Kier alpha value is -2.34. The third-order valence-electron chi connectivity index (χ3n) is 3.30. The summed E-state index contributed by atoms with van der Waals surface area (Å²) in [5.41, 5.74) is 3.34. The normalized spacial score (nSPS) is 16.9. The van der Waals surface area contributed by atoms with Crippen LogP contribution in [-0.4, -0.2) is 6.29 Å². The molecule has 0 N–H and O–H groups in total. The summed E-state index contributed by atoms with van der Waals surface area (Å²) >= 11 is 0. The number of nitrogens with zero attached hydrogens (tertiary/aromatic N) is 1. The van der Waals surface area contributed by atoms with Crippen molar-refractivity contribution < 1.29 is 9.53 Å². The van der Waals surface area contributed by atoms with E-state index >= 15 is 0 Å². The first kappa shape index (κ1) is 10.8. The molecule has 1 aliphatic heterocycles. The highest BCUT2D eigenvalue weighted by molar-refractivity contribution is 5.79. The van der Waals surface area contributed by atoms with E-state index in [-0.39, 0.29) is 0 Å². The Kier molecular flexibility index (Phi) is 2.49. The van der Waals surface area contributed by atoms with Crippen molar-refractivity contribution >= 4 is 12.4 Å². The van der Waals surface area contributed by atoms with Crippen LogP contribution in [0, 0.1) is 11.3 Å². The summed E-state index contributed by atoms with van der Waals surface area (Å²) in [6.45, 7) is 0. The second-order valence-corrected chi connectivity index (χ2v) is 4.46. The third-order valence-corrected chi connectivity index (χ3v) is 3.30. The predicted molar refractivity (Wildman–Crippen MR) is 66.7 cm³/mol. The van der Waals surface area contributed by atoms with Crippen LogP contribution in [-0.2, 0) is 4.79 Å². The fraction of sp³-hybridized carbons (Fsp3) is 0.200. The topological polar surface area (TPSA) is 50.1 Å². The molecular formula is C15H11NO2. The Morgan fingerprint density at radius 3 is 3.00 bits per heavy atom. The van der Waals surface area contributed by atoms with Gasteiger partial charge in [0.25, 0.3) is 0 Å². The largest absolute Gasteiger partial charge is 0.456 e. The molecular weight excluding hydrogens is 226 g/mol. The van der Waals surface area contributed by atoms with E-state index in [0.717, 1.165) is 42.3 Å². The van der Waals surface area contributed by atoms with Gasteiger partial charge in [0.15, 0.2) is 0 Å². The summed E-state index contributed by atoms with van der Waals surface area (Å²) in [7, 11) is 0. The van der Waals surface area contributed by atoms with Crippen LogP contribution < -0.4 is 4.74 Å². The quantitative estimate of drug-likeness (QED) is 0.705. The summed E-state index contributed by atoms with van der Waals surface area (Å²) in [6.07, 6.45) is 5.62. The standard InChI is InChI=1S/C15H11NO2/c16-8-10-4-5-11-7-12-2-1-3-13(9-17)15(12)18-14(11)6-10/h4-7,9H,1-3H2. The Labute approximate surface area is 105 Å². The minimum Gasteiger partial charge on any atom is -0.456 e. The van der Waals surface area contributed by atoms with Crippen molar-refractivity contribution in [1.29, 1.82) is 5.26 Å². The molecule has 3 nitrogen and oxygen atoms in total. The summed E-state index contributed by atoms with van der Waals surface area (Å²) in [6, 6.07) is 7.46. The zero-order chi connectivity index (χ0) is 12.5. The first-order chi connectivity index (χ1) is 8.81. The van der Waals surface area contributed by atoms with Crippen molar-refractivity contribution in [3.63, 3.8) is 0 Å². The maximum Gasteiger partial charge on any atom is 0.149 e. The molecule has 1 aromatic carbocycles. The van der Waals surface area contributed by atoms with E-state index in [0.29, 0.717) is 17.1 Å². The lowest BCUT2D eigenvalue weighted by Gasteiger charge is -2.25. The van der Waals surface area contributed by atoms with Gasteiger partial charge in [-0.2, -0.15) is 5.26 Å². The van der Waals surface area contributed by atoms with Crippen molar-refractivity contribution in [1.82, 2.24) is 0 Å². The van der Waals surface area contributed by atoms with E-state index in [1.165, 1.54) is 0 Å². The molecule has 0 amide bonds. The lowest BCUT2D eigenvalue weighted by Crippen LogP contribution is -2.13. The molecule has 3 rings (SSSR count). The maximum absolute atomic E-state index is 11.0. The number of aldehydes is 1. The molecule has 88 valence electrons. The van der Waals surface area contributed by atoms with Crippen LogP contribution >= 0.6 is 0 Å². The number of nitriles is 1. The molecule has 0 spiro atoms. The fourth-order valence-electron chi connectivity index (χ4n) is 2.39. The zero-order valence-electron chi connectivity index (χ0n) is 9.77. The van der Waals surface area contributed by atoms with Gasteiger partial charge in [-0.05, 0) is 49.1 Å². The van der Waals surface area contributed by atoms with Crippen molar-refractivity contribution in [3.8, 4) is 11.8 Å².